The highest BCUT2D eigenvalue weighted by Crippen LogP contribution is 2.28. The van der Waals surface area contributed by atoms with Gasteiger partial charge in [0.15, 0.2) is 0 Å². The van der Waals surface area contributed by atoms with Crippen LogP contribution in [0.3, 0.4) is 0 Å². The van der Waals surface area contributed by atoms with Crippen LogP contribution in [0, 0.1) is 0 Å². The lowest BCUT2D eigenvalue weighted by atomic mass is 10.2. The van der Waals surface area contributed by atoms with Crippen molar-refractivity contribution in [3.8, 4) is 5.75 Å². The van der Waals surface area contributed by atoms with Gasteiger partial charge in [-0.25, -0.2) is 13.4 Å². The highest BCUT2D eigenvalue weighted by Gasteiger charge is 2.22. The van der Waals surface area contributed by atoms with E-state index in [0.29, 0.717) is 40.5 Å². The fraction of sp³-hybridized carbons (Fsp3) is 0.211. The maximum absolute atomic E-state index is 12.7. The number of aromatic amines is 1. The third-order valence-electron chi connectivity index (χ3n) is 4.29. The van der Waals surface area contributed by atoms with Gasteiger partial charge in [0.2, 0.25) is 10.0 Å². The first-order chi connectivity index (χ1) is 13.3. The third-order valence-corrected chi connectivity index (χ3v) is 6.92. The summed E-state index contributed by atoms with van der Waals surface area (Å²) in [6, 6.07) is 9.46. The molecule has 0 radical (unpaired) electrons. The third kappa shape index (κ3) is 4.03. The second kappa shape index (κ2) is 8.13. The molecule has 1 heterocycles. The maximum atomic E-state index is 12.7. The number of nitrogens with one attached hydrogen (secondary N) is 1. The van der Waals surface area contributed by atoms with Crippen molar-refractivity contribution in [1.29, 1.82) is 0 Å². The van der Waals surface area contributed by atoms with Crippen molar-refractivity contribution >= 4 is 55.4 Å². The van der Waals surface area contributed by atoms with Crippen LogP contribution < -0.4 is 0 Å². The van der Waals surface area contributed by atoms with E-state index in [4.69, 9.17) is 23.2 Å². The van der Waals surface area contributed by atoms with Crippen LogP contribution in [0.25, 0.3) is 22.1 Å². The number of aromatic hydroxyl groups is 1. The quantitative estimate of drug-likeness (QED) is 0.582. The normalized spacial score (nSPS) is 12.8. The maximum Gasteiger partial charge on any atom is 0.243 e. The van der Waals surface area contributed by atoms with E-state index in [0.717, 1.165) is 0 Å². The topological polar surface area (TPSA) is 86.3 Å². The molecule has 0 saturated carbocycles. The first-order valence-corrected chi connectivity index (χ1v) is 10.8. The van der Waals surface area contributed by atoms with Gasteiger partial charge in [0, 0.05) is 13.1 Å². The molecule has 1 aromatic heterocycles. The van der Waals surface area contributed by atoms with Crippen LogP contribution in [0.5, 0.6) is 5.75 Å². The Balaban J connectivity index is 1.98. The van der Waals surface area contributed by atoms with Crippen LogP contribution >= 0.6 is 23.2 Å². The molecular weight excluding hydrogens is 421 g/mol. The summed E-state index contributed by atoms with van der Waals surface area (Å²) in [6.07, 6.45) is 1.65. The number of imidazole rings is 1. The molecule has 9 heteroatoms. The summed E-state index contributed by atoms with van der Waals surface area (Å²) in [5.41, 5.74) is 1.86. The molecule has 0 aliphatic heterocycles. The highest BCUT2D eigenvalue weighted by molar-refractivity contribution is 7.89. The molecule has 0 saturated heterocycles. The number of sulfonamides is 1. The van der Waals surface area contributed by atoms with Gasteiger partial charge in [-0.05, 0) is 42.0 Å². The fourth-order valence-corrected chi connectivity index (χ4v) is 4.69. The predicted molar refractivity (Wildman–Crippen MR) is 113 cm³/mol. The number of halogens is 2. The van der Waals surface area contributed by atoms with Crippen LogP contribution in [-0.4, -0.2) is 40.9 Å². The van der Waals surface area contributed by atoms with E-state index < -0.39 is 10.0 Å². The van der Waals surface area contributed by atoms with Crippen molar-refractivity contribution in [3.05, 3.63) is 52.8 Å². The highest BCUT2D eigenvalue weighted by atomic mass is 35.5. The van der Waals surface area contributed by atoms with Gasteiger partial charge in [-0.15, -0.1) is 0 Å². The summed E-state index contributed by atoms with van der Waals surface area (Å²) in [5, 5.41) is 10.0. The molecule has 0 amide bonds. The number of aromatic nitrogens is 2. The van der Waals surface area contributed by atoms with Crippen LogP contribution in [0.2, 0.25) is 5.02 Å². The van der Waals surface area contributed by atoms with Crippen LogP contribution in [0.1, 0.15) is 25.2 Å². The molecule has 0 spiro atoms. The summed E-state index contributed by atoms with van der Waals surface area (Å²) in [4.78, 5) is 7.66. The van der Waals surface area contributed by atoms with Crippen molar-refractivity contribution < 1.29 is 13.5 Å². The number of nitrogens with zero attached hydrogens (tertiary/aromatic N) is 2. The van der Waals surface area contributed by atoms with Gasteiger partial charge in [0.1, 0.15) is 11.6 Å². The number of rotatable bonds is 6. The van der Waals surface area contributed by atoms with E-state index in [1.807, 2.05) is 0 Å². The molecule has 0 bridgehead atoms. The van der Waals surface area contributed by atoms with Gasteiger partial charge in [0.05, 0.1) is 26.0 Å². The van der Waals surface area contributed by atoms with Crippen molar-refractivity contribution in [1.82, 2.24) is 14.3 Å². The number of fused-ring (bicyclic) bond motifs is 1. The molecule has 148 valence electrons. The second-order valence-corrected chi connectivity index (χ2v) is 8.81. The van der Waals surface area contributed by atoms with Crippen molar-refractivity contribution in [2.75, 3.05) is 13.1 Å². The molecule has 0 aliphatic rings. The molecular formula is C19H19Cl2N3O3S. The summed E-state index contributed by atoms with van der Waals surface area (Å²) < 4.78 is 26.8. The van der Waals surface area contributed by atoms with E-state index >= 15 is 0 Å². The second-order valence-electron chi connectivity index (χ2n) is 6.06. The Kier molecular flexibility index (Phi) is 6.00. The summed E-state index contributed by atoms with van der Waals surface area (Å²) in [7, 11) is -3.56. The Bertz CT molecular complexity index is 1150. The van der Waals surface area contributed by atoms with Gasteiger partial charge in [-0.1, -0.05) is 43.1 Å². The number of phenolic OH excluding ortho intramolecular Hbond substituents is 1. The zero-order valence-corrected chi connectivity index (χ0v) is 17.6. The Morgan fingerprint density at radius 3 is 2.57 bits per heavy atom. The zero-order valence-electron chi connectivity index (χ0n) is 15.3. The van der Waals surface area contributed by atoms with Crippen LogP contribution in [0.4, 0.5) is 0 Å². The monoisotopic (exact) mass is 439 g/mol. The van der Waals surface area contributed by atoms with Crippen molar-refractivity contribution in [3.63, 3.8) is 0 Å². The molecule has 0 aliphatic carbocycles. The lowest BCUT2D eigenvalue weighted by Gasteiger charge is -2.18. The molecule has 0 unspecified atom stereocenters. The summed E-state index contributed by atoms with van der Waals surface area (Å²) in [5.74, 6) is 0.388. The van der Waals surface area contributed by atoms with Crippen LogP contribution in [-0.2, 0) is 10.0 Å². The lowest BCUT2D eigenvalue weighted by molar-refractivity contribution is 0.445. The van der Waals surface area contributed by atoms with Gasteiger partial charge < -0.3 is 10.1 Å². The smallest absolute Gasteiger partial charge is 0.243 e. The molecule has 2 N–H and O–H groups in total. The first kappa shape index (κ1) is 20.7. The van der Waals surface area contributed by atoms with Gasteiger partial charge >= 0.3 is 0 Å². The number of hydrogen-bond acceptors (Lipinski definition) is 4. The average Bonchev–Trinajstić information content (AvgIpc) is 3.09. The molecule has 3 rings (SSSR count). The standard InChI is InChI=1S/C19H19Cl2N3O3S/c1-3-24(4-2)28(26,27)13-6-7-16-17(11-13)23-19(22-16)15(21)10-12-5-8-18(25)14(20)9-12/h5-11,25H,3-4H2,1-2H3,(H,22,23)/b15-10-. The molecule has 0 atom stereocenters. The van der Waals surface area contributed by atoms with E-state index in [1.165, 1.54) is 16.4 Å². The Labute approximate surface area is 173 Å². The van der Waals surface area contributed by atoms with Gasteiger partial charge in [0.25, 0.3) is 0 Å². The van der Waals surface area contributed by atoms with Crippen molar-refractivity contribution in [2.24, 2.45) is 0 Å². The van der Waals surface area contributed by atoms with E-state index in [9.17, 15) is 13.5 Å². The molecule has 3 aromatic rings. The Morgan fingerprint density at radius 1 is 1.21 bits per heavy atom. The summed E-state index contributed by atoms with van der Waals surface area (Å²) in [6.45, 7) is 4.39. The number of benzene rings is 2. The molecule has 2 aromatic carbocycles. The molecule has 6 nitrogen and oxygen atoms in total. The van der Waals surface area contributed by atoms with Gasteiger partial charge in [-0.3, -0.25) is 0 Å². The van der Waals surface area contributed by atoms with E-state index in [1.54, 1.807) is 44.2 Å². The lowest BCUT2D eigenvalue weighted by Crippen LogP contribution is -2.30. The number of hydrogen-bond donors (Lipinski definition) is 2. The average molecular weight is 440 g/mol. The van der Waals surface area contributed by atoms with Gasteiger partial charge in [-0.2, -0.15) is 4.31 Å². The zero-order chi connectivity index (χ0) is 20.5. The Morgan fingerprint density at radius 2 is 1.93 bits per heavy atom. The Hall–Kier alpha value is -2.06. The minimum absolute atomic E-state index is 0.0133. The number of H-pyrrole nitrogens is 1. The fourth-order valence-electron chi connectivity index (χ4n) is 2.80. The van der Waals surface area contributed by atoms with E-state index in [2.05, 4.69) is 9.97 Å². The molecule has 0 fully saturated rings. The summed E-state index contributed by atoms with van der Waals surface area (Å²) >= 11 is 12.3. The number of phenols is 1. The SMILES string of the molecule is CCN(CC)S(=O)(=O)c1ccc2nc(/C(Cl)=C/c3ccc(O)c(Cl)c3)[nH]c2c1. The largest absolute Gasteiger partial charge is 0.506 e. The minimum atomic E-state index is -3.56. The minimum Gasteiger partial charge on any atom is -0.506 e. The van der Waals surface area contributed by atoms with Crippen molar-refractivity contribution in [2.45, 2.75) is 18.7 Å². The van der Waals surface area contributed by atoms with E-state index in [-0.39, 0.29) is 15.7 Å². The first-order valence-electron chi connectivity index (χ1n) is 8.62. The predicted octanol–water partition coefficient (Wildman–Crippen LogP) is 4.69. The molecule has 28 heavy (non-hydrogen) atoms. The van der Waals surface area contributed by atoms with Crippen LogP contribution in [0.15, 0.2) is 41.3 Å².